The van der Waals surface area contributed by atoms with E-state index in [9.17, 15) is 14.4 Å². The van der Waals surface area contributed by atoms with Crippen LogP contribution in [0.15, 0.2) is 29.6 Å². The van der Waals surface area contributed by atoms with E-state index in [0.717, 1.165) is 10.1 Å². The molecule has 0 radical (unpaired) electrons. The number of likely N-dealkylation sites (tertiary alicyclic amines) is 1. The van der Waals surface area contributed by atoms with E-state index < -0.39 is 12.0 Å². The van der Waals surface area contributed by atoms with E-state index in [1.165, 1.54) is 16.2 Å². The van der Waals surface area contributed by atoms with E-state index >= 15 is 0 Å². The summed E-state index contributed by atoms with van der Waals surface area (Å²) in [4.78, 5) is 37.1. The fourth-order valence-electron chi connectivity index (χ4n) is 3.01. The lowest BCUT2D eigenvalue weighted by molar-refractivity contribution is -0.148. The predicted molar refractivity (Wildman–Crippen MR) is 87.8 cm³/mol. The number of rotatable bonds is 5. The number of hydrogen-bond acceptors (Lipinski definition) is 4. The largest absolute Gasteiger partial charge is 0.480 e. The first-order valence-electron chi connectivity index (χ1n) is 7.59. The zero-order valence-electron chi connectivity index (χ0n) is 12.5. The van der Waals surface area contributed by atoms with Crippen LogP contribution in [0, 0.1) is 0 Å². The molecule has 23 heavy (non-hydrogen) atoms. The number of hydrogen-bond donors (Lipinski definition) is 1. The summed E-state index contributed by atoms with van der Waals surface area (Å²) in [5.41, 5.74) is 0.648. The van der Waals surface area contributed by atoms with Crippen molar-refractivity contribution in [2.45, 2.75) is 31.7 Å². The molecule has 1 aromatic carbocycles. The molecular weight excluding hydrogens is 314 g/mol. The molecule has 1 atom stereocenters. The molecule has 0 aliphatic carbocycles. The topological polar surface area (TPSA) is 74.7 Å². The normalized spacial score (nSPS) is 17.6. The molecule has 1 aliphatic heterocycles. The first kappa shape index (κ1) is 15.7. The van der Waals surface area contributed by atoms with Gasteiger partial charge in [0.25, 0.3) is 0 Å². The predicted octanol–water partition coefficient (Wildman–Crippen LogP) is 2.94. The number of aliphatic carboxylic acids is 1. The number of nitrogens with zero attached hydrogens (tertiary/aromatic N) is 1. The third-order valence-electron chi connectivity index (χ3n) is 4.21. The molecule has 1 aliphatic rings. The van der Waals surface area contributed by atoms with Crippen LogP contribution in [0.4, 0.5) is 0 Å². The Morgan fingerprint density at radius 2 is 2.00 bits per heavy atom. The van der Waals surface area contributed by atoms with Gasteiger partial charge in [0.05, 0.1) is 0 Å². The molecule has 1 saturated heterocycles. The van der Waals surface area contributed by atoms with Crippen molar-refractivity contribution in [2.75, 3.05) is 6.54 Å². The molecule has 1 fully saturated rings. The first-order chi connectivity index (χ1) is 11.1. The van der Waals surface area contributed by atoms with Crippen LogP contribution in [0.2, 0.25) is 0 Å². The van der Waals surface area contributed by atoms with Crippen LogP contribution >= 0.6 is 11.3 Å². The van der Waals surface area contributed by atoms with Crippen molar-refractivity contribution in [3.63, 3.8) is 0 Å². The maximum Gasteiger partial charge on any atom is 0.326 e. The van der Waals surface area contributed by atoms with E-state index in [1.54, 1.807) is 0 Å². The van der Waals surface area contributed by atoms with Crippen LogP contribution in [0.25, 0.3) is 10.1 Å². The van der Waals surface area contributed by atoms with Crippen LogP contribution in [0.1, 0.15) is 36.0 Å². The van der Waals surface area contributed by atoms with Crippen LogP contribution < -0.4 is 0 Å². The third kappa shape index (κ3) is 3.12. The maximum absolute atomic E-state index is 12.4. The number of amides is 1. The fraction of sp³-hybridized carbons (Fsp3) is 0.353. The van der Waals surface area contributed by atoms with Crippen molar-refractivity contribution >= 4 is 39.1 Å². The number of ketones is 1. The summed E-state index contributed by atoms with van der Waals surface area (Å²) in [6.07, 6.45) is 1.37. The molecule has 0 saturated carbocycles. The van der Waals surface area contributed by atoms with Crippen LogP contribution in [0.3, 0.4) is 0 Å². The summed E-state index contributed by atoms with van der Waals surface area (Å²) in [6.45, 7) is 0.464. The minimum atomic E-state index is -0.967. The zero-order chi connectivity index (χ0) is 16.4. The number of fused-ring (bicyclic) bond motifs is 1. The van der Waals surface area contributed by atoms with Gasteiger partial charge >= 0.3 is 5.97 Å². The van der Waals surface area contributed by atoms with Gasteiger partial charge in [-0.05, 0) is 18.9 Å². The van der Waals surface area contributed by atoms with Crippen LogP contribution in [0.5, 0.6) is 0 Å². The summed E-state index contributed by atoms with van der Waals surface area (Å²) < 4.78 is 1.05. The third-order valence-corrected chi connectivity index (χ3v) is 5.17. The molecule has 120 valence electrons. The van der Waals surface area contributed by atoms with E-state index in [2.05, 4.69) is 0 Å². The summed E-state index contributed by atoms with van der Waals surface area (Å²) >= 11 is 1.51. The van der Waals surface area contributed by atoms with E-state index in [0.29, 0.717) is 24.9 Å². The number of Topliss-reactive ketones (excluding diaryl/α,β-unsaturated/α-hetero) is 1. The quantitative estimate of drug-likeness (QED) is 0.855. The lowest BCUT2D eigenvalue weighted by Crippen LogP contribution is -2.40. The SMILES string of the molecule is O=C(CCC(=O)N1CCC[C@H]1C(=O)O)c1csc2ccccc12. The molecule has 2 aromatic rings. The van der Waals surface area contributed by atoms with Crippen molar-refractivity contribution < 1.29 is 19.5 Å². The smallest absolute Gasteiger partial charge is 0.326 e. The molecule has 3 rings (SSSR count). The van der Waals surface area contributed by atoms with Crippen LogP contribution in [-0.2, 0) is 9.59 Å². The van der Waals surface area contributed by atoms with Crippen molar-refractivity contribution in [1.82, 2.24) is 4.90 Å². The van der Waals surface area contributed by atoms with Gasteiger partial charge in [-0.3, -0.25) is 9.59 Å². The highest BCUT2D eigenvalue weighted by atomic mass is 32.1. The highest BCUT2D eigenvalue weighted by molar-refractivity contribution is 7.17. The molecule has 0 unspecified atom stereocenters. The number of carbonyl (C=O) groups excluding carboxylic acids is 2. The van der Waals surface area contributed by atoms with Crippen molar-refractivity contribution in [2.24, 2.45) is 0 Å². The lowest BCUT2D eigenvalue weighted by Gasteiger charge is -2.21. The Balaban J connectivity index is 1.65. The van der Waals surface area contributed by atoms with Gasteiger partial charge in [0, 0.05) is 40.4 Å². The Bertz CT molecular complexity index is 767. The maximum atomic E-state index is 12.4. The van der Waals surface area contributed by atoms with Gasteiger partial charge in [0.15, 0.2) is 5.78 Å². The molecular formula is C17H17NO4S. The summed E-state index contributed by atoms with van der Waals surface area (Å²) in [5.74, 6) is -1.28. The second kappa shape index (κ2) is 6.50. The standard InChI is InChI=1S/C17H17NO4S/c19-14(12-10-23-15-6-2-1-4-11(12)15)7-8-16(20)18-9-3-5-13(18)17(21)22/h1-2,4,6,10,13H,3,5,7-9H2,(H,21,22)/t13-/m0/s1. The van der Waals surface area contributed by atoms with E-state index in [1.807, 2.05) is 29.6 Å². The number of carbonyl (C=O) groups is 3. The molecule has 0 spiro atoms. The van der Waals surface area contributed by atoms with Gasteiger partial charge in [-0.15, -0.1) is 11.3 Å². The van der Waals surface area contributed by atoms with Crippen molar-refractivity contribution in [1.29, 1.82) is 0 Å². The minimum Gasteiger partial charge on any atom is -0.480 e. The van der Waals surface area contributed by atoms with E-state index in [-0.39, 0.29) is 24.5 Å². The summed E-state index contributed by atoms with van der Waals surface area (Å²) in [7, 11) is 0. The number of carboxylic acids is 1. The van der Waals surface area contributed by atoms with Crippen molar-refractivity contribution in [3.8, 4) is 0 Å². The Morgan fingerprint density at radius 3 is 2.78 bits per heavy atom. The highest BCUT2D eigenvalue weighted by Gasteiger charge is 2.33. The van der Waals surface area contributed by atoms with Gasteiger partial charge in [-0.25, -0.2) is 4.79 Å². The number of benzene rings is 1. The number of thiophene rings is 1. The summed E-state index contributed by atoms with van der Waals surface area (Å²) in [6, 6.07) is 6.94. The van der Waals surface area contributed by atoms with Gasteiger partial charge in [-0.1, -0.05) is 18.2 Å². The minimum absolute atomic E-state index is 0.0623. The highest BCUT2D eigenvalue weighted by Crippen LogP contribution is 2.27. The van der Waals surface area contributed by atoms with Crippen molar-refractivity contribution in [3.05, 3.63) is 35.2 Å². The molecule has 1 amide bonds. The Morgan fingerprint density at radius 1 is 1.22 bits per heavy atom. The Labute approximate surface area is 137 Å². The van der Waals surface area contributed by atoms with Gasteiger partial charge in [0.1, 0.15) is 6.04 Å². The van der Waals surface area contributed by atoms with Gasteiger partial charge < -0.3 is 10.0 Å². The van der Waals surface area contributed by atoms with Gasteiger partial charge in [-0.2, -0.15) is 0 Å². The first-order valence-corrected chi connectivity index (χ1v) is 8.47. The number of carboxylic acid groups (broad SMARTS) is 1. The molecule has 5 nitrogen and oxygen atoms in total. The summed E-state index contributed by atoms with van der Waals surface area (Å²) in [5, 5.41) is 11.9. The average Bonchev–Trinajstić information content (AvgIpc) is 3.18. The second-order valence-corrected chi connectivity index (χ2v) is 6.56. The molecule has 1 N–H and O–H groups in total. The molecule has 0 bridgehead atoms. The Kier molecular flexibility index (Phi) is 4.43. The molecule has 2 heterocycles. The van der Waals surface area contributed by atoms with E-state index in [4.69, 9.17) is 5.11 Å². The lowest BCUT2D eigenvalue weighted by atomic mass is 10.1. The molecule has 1 aromatic heterocycles. The second-order valence-electron chi connectivity index (χ2n) is 5.65. The molecule has 6 heteroatoms. The Hall–Kier alpha value is -2.21. The van der Waals surface area contributed by atoms with Gasteiger partial charge in [0.2, 0.25) is 5.91 Å². The monoisotopic (exact) mass is 331 g/mol. The average molecular weight is 331 g/mol. The fourth-order valence-corrected chi connectivity index (χ4v) is 3.98. The zero-order valence-corrected chi connectivity index (χ0v) is 13.3. The van der Waals surface area contributed by atoms with Crippen LogP contribution in [-0.4, -0.2) is 40.3 Å².